The number of aromatic carboxylic acids is 1. The van der Waals surface area contributed by atoms with Crippen molar-refractivity contribution in [2.24, 2.45) is 0 Å². The minimum atomic E-state index is -0.858. The fourth-order valence-corrected chi connectivity index (χ4v) is 4.63. The summed E-state index contributed by atoms with van der Waals surface area (Å²) in [5.41, 5.74) is 10.1. The summed E-state index contributed by atoms with van der Waals surface area (Å²) in [5, 5.41) is 9.09. The molecule has 0 aliphatic heterocycles. The first-order valence-corrected chi connectivity index (χ1v) is 10.2. The van der Waals surface area contributed by atoms with Crippen molar-refractivity contribution in [2.75, 3.05) is 5.73 Å². The van der Waals surface area contributed by atoms with Crippen molar-refractivity contribution in [1.82, 2.24) is 0 Å². The van der Waals surface area contributed by atoms with Gasteiger partial charge in [-0.05, 0) is 78.8 Å². The van der Waals surface area contributed by atoms with Crippen LogP contribution in [-0.4, -0.2) is 11.1 Å². The molecule has 1 saturated carbocycles. The molecule has 3 nitrogen and oxygen atoms in total. The number of hydrogen-bond acceptors (Lipinski definition) is 2. The summed E-state index contributed by atoms with van der Waals surface area (Å²) in [6, 6.07) is 16.0. The van der Waals surface area contributed by atoms with Crippen LogP contribution in [0.3, 0.4) is 0 Å². The molecule has 1 aliphatic carbocycles. The maximum Gasteiger partial charge on any atom is 0.335 e. The Hall–Kier alpha value is -2.29. The summed E-state index contributed by atoms with van der Waals surface area (Å²) in [6.45, 7) is 2.26. The highest BCUT2D eigenvalue weighted by Gasteiger charge is 2.36. The number of carbonyl (C=O) groups is 1. The van der Waals surface area contributed by atoms with Crippen molar-refractivity contribution in [3.8, 4) is 0 Å². The smallest absolute Gasteiger partial charge is 0.335 e. The molecule has 0 radical (unpaired) electrons. The number of carboxylic acid groups (broad SMARTS) is 1. The van der Waals surface area contributed by atoms with E-state index in [-0.39, 0.29) is 5.41 Å². The molecule has 0 saturated heterocycles. The Kier molecular flexibility index (Phi) is 6.20. The molecular weight excluding hydrogens is 334 g/mol. The van der Waals surface area contributed by atoms with E-state index in [1.807, 2.05) is 24.3 Å². The third kappa shape index (κ3) is 4.52. The van der Waals surface area contributed by atoms with Gasteiger partial charge in [-0.3, -0.25) is 0 Å². The molecule has 27 heavy (non-hydrogen) atoms. The van der Waals surface area contributed by atoms with Crippen molar-refractivity contribution in [2.45, 2.75) is 69.6 Å². The number of hydrogen-bond donors (Lipinski definition) is 2. The molecule has 3 N–H and O–H groups in total. The molecule has 0 unspecified atom stereocenters. The topological polar surface area (TPSA) is 63.3 Å². The van der Waals surface area contributed by atoms with E-state index in [1.165, 1.54) is 49.7 Å². The fourth-order valence-electron chi connectivity index (χ4n) is 4.63. The Morgan fingerprint density at radius 1 is 1.04 bits per heavy atom. The Morgan fingerprint density at radius 3 is 2.22 bits per heavy atom. The molecule has 3 heteroatoms. The van der Waals surface area contributed by atoms with E-state index >= 15 is 0 Å². The second kappa shape index (κ2) is 8.60. The molecular formula is C24H31NO2. The summed E-state index contributed by atoms with van der Waals surface area (Å²) >= 11 is 0. The maximum absolute atomic E-state index is 11.1. The van der Waals surface area contributed by atoms with Crippen LogP contribution in [-0.2, 0) is 5.41 Å². The van der Waals surface area contributed by atoms with Gasteiger partial charge in [-0.15, -0.1) is 0 Å². The van der Waals surface area contributed by atoms with Gasteiger partial charge in [-0.25, -0.2) is 4.79 Å². The Labute approximate surface area is 162 Å². The zero-order chi connectivity index (χ0) is 19.3. The number of unbranched alkanes of at least 4 members (excludes halogenated alkanes) is 2. The van der Waals surface area contributed by atoms with Gasteiger partial charge in [0.15, 0.2) is 0 Å². The lowest BCUT2D eigenvalue weighted by atomic mass is 9.63. The first-order valence-electron chi connectivity index (χ1n) is 10.2. The lowest BCUT2D eigenvalue weighted by Gasteiger charge is -2.41. The minimum Gasteiger partial charge on any atom is -0.478 e. The van der Waals surface area contributed by atoms with Crippen molar-refractivity contribution >= 4 is 11.7 Å². The summed E-state index contributed by atoms with van der Waals surface area (Å²) in [5.74, 6) is -0.329. The van der Waals surface area contributed by atoms with E-state index in [0.29, 0.717) is 11.5 Å². The molecule has 0 bridgehead atoms. The van der Waals surface area contributed by atoms with Gasteiger partial charge in [0.2, 0.25) is 0 Å². The van der Waals surface area contributed by atoms with Crippen LogP contribution in [0.25, 0.3) is 0 Å². The van der Waals surface area contributed by atoms with Crippen molar-refractivity contribution in [3.63, 3.8) is 0 Å². The highest BCUT2D eigenvalue weighted by molar-refractivity contribution is 5.87. The molecule has 0 aromatic heterocycles. The normalized spacial score (nSPS) is 22.5. The summed E-state index contributed by atoms with van der Waals surface area (Å²) in [7, 11) is 0. The molecule has 1 aliphatic rings. The van der Waals surface area contributed by atoms with Crippen LogP contribution in [0.1, 0.15) is 85.7 Å². The molecule has 0 amide bonds. The van der Waals surface area contributed by atoms with Crippen molar-refractivity contribution < 1.29 is 9.90 Å². The van der Waals surface area contributed by atoms with Crippen LogP contribution in [0, 0.1) is 0 Å². The average molecular weight is 366 g/mol. The maximum atomic E-state index is 11.1. The highest BCUT2D eigenvalue weighted by atomic mass is 16.4. The molecule has 0 spiro atoms. The van der Waals surface area contributed by atoms with E-state index < -0.39 is 5.97 Å². The molecule has 1 fully saturated rings. The molecule has 2 aromatic rings. The Balaban J connectivity index is 1.74. The van der Waals surface area contributed by atoms with Crippen molar-refractivity contribution in [3.05, 3.63) is 65.2 Å². The standard InChI is InChI=1S/C24H31NO2/c1-2-3-4-15-24(21-9-11-22(25)12-10-21)16-13-19(14-17-24)18-5-7-20(8-6-18)23(26)27/h5-12,19H,2-4,13-17,25H2,1H3,(H,26,27). The highest BCUT2D eigenvalue weighted by Crippen LogP contribution is 2.48. The van der Waals surface area contributed by atoms with Crippen LogP contribution in [0.4, 0.5) is 5.69 Å². The van der Waals surface area contributed by atoms with Gasteiger partial charge in [0.1, 0.15) is 0 Å². The number of benzene rings is 2. The van der Waals surface area contributed by atoms with Gasteiger partial charge in [0.25, 0.3) is 0 Å². The number of nitrogen functional groups attached to an aromatic ring is 1. The zero-order valence-electron chi connectivity index (χ0n) is 16.3. The molecule has 3 rings (SSSR count). The number of anilines is 1. The van der Waals surface area contributed by atoms with Gasteiger partial charge < -0.3 is 10.8 Å². The summed E-state index contributed by atoms with van der Waals surface area (Å²) in [4.78, 5) is 11.1. The fraction of sp³-hybridized carbons (Fsp3) is 0.458. The average Bonchev–Trinajstić information content (AvgIpc) is 2.69. The van der Waals surface area contributed by atoms with E-state index in [2.05, 4.69) is 19.1 Å². The third-order valence-corrected chi connectivity index (χ3v) is 6.35. The first kappa shape index (κ1) is 19.5. The van der Waals surface area contributed by atoms with Crippen LogP contribution in [0.15, 0.2) is 48.5 Å². The number of nitrogens with two attached hydrogens (primary N) is 1. The van der Waals surface area contributed by atoms with E-state index in [4.69, 9.17) is 10.8 Å². The van der Waals surface area contributed by atoms with Gasteiger partial charge in [0, 0.05) is 5.69 Å². The SMILES string of the molecule is CCCCCC1(c2ccc(N)cc2)CCC(c2ccc(C(=O)O)cc2)CC1. The van der Waals surface area contributed by atoms with Gasteiger partial charge in [0.05, 0.1) is 5.56 Å². The van der Waals surface area contributed by atoms with Crippen molar-refractivity contribution in [1.29, 1.82) is 0 Å². The predicted molar refractivity (Wildman–Crippen MR) is 111 cm³/mol. The first-order chi connectivity index (χ1) is 13.0. The summed E-state index contributed by atoms with van der Waals surface area (Å²) < 4.78 is 0. The lowest BCUT2D eigenvalue weighted by Crippen LogP contribution is -2.31. The molecule has 0 heterocycles. The van der Waals surface area contributed by atoms with Crippen LogP contribution >= 0.6 is 0 Å². The quantitative estimate of drug-likeness (QED) is 0.457. The number of rotatable bonds is 7. The number of carboxylic acids is 1. The third-order valence-electron chi connectivity index (χ3n) is 6.35. The van der Waals surface area contributed by atoms with E-state index in [1.54, 1.807) is 12.1 Å². The zero-order valence-corrected chi connectivity index (χ0v) is 16.3. The minimum absolute atomic E-state index is 0.264. The molecule has 2 aromatic carbocycles. The second-order valence-electron chi connectivity index (χ2n) is 8.06. The van der Waals surface area contributed by atoms with Crippen LogP contribution in [0.2, 0.25) is 0 Å². The van der Waals surface area contributed by atoms with Gasteiger partial charge in [-0.1, -0.05) is 50.5 Å². The lowest BCUT2D eigenvalue weighted by molar-refractivity contribution is 0.0697. The van der Waals surface area contributed by atoms with Crippen LogP contribution in [0.5, 0.6) is 0 Å². The molecule has 0 atom stereocenters. The van der Waals surface area contributed by atoms with E-state index in [0.717, 1.165) is 18.5 Å². The summed E-state index contributed by atoms with van der Waals surface area (Å²) in [6.07, 6.45) is 9.74. The van der Waals surface area contributed by atoms with E-state index in [9.17, 15) is 4.79 Å². The monoisotopic (exact) mass is 365 g/mol. The predicted octanol–water partition coefficient (Wildman–Crippen LogP) is 6.14. The second-order valence-corrected chi connectivity index (χ2v) is 8.06. The van der Waals surface area contributed by atoms with Gasteiger partial charge in [-0.2, -0.15) is 0 Å². The largest absolute Gasteiger partial charge is 0.478 e. The Morgan fingerprint density at radius 2 is 1.67 bits per heavy atom. The Bertz CT molecular complexity index is 741. The molecule has 144 valence electrons. The van der Waals surface area contributed by atoms with Crippen LogP contribution < -0.4 is 5.73 Å². The van der Waals surface area contributed by atoms with Gasteiger partial charge >= 0.3 is 5.97 Å².